The van der Waals surface area contributed by atoms with Gasteiger partial charge in [-0.2, -0.15) is 9.29 Å². The number of rotatable bonds is 6. The third-order valence-electron chi connectivity index (χ3n) is 5.27. The number of halogens is 1. The minimum Gasteiger partial charge on any atom is -0.497 e. The van der Waals surface area contributed by atoms with Crippen molar-refractivity contribution in [1.29, 1.82) is 0 Å². The van der Waals surface area contributed by atoms with Gasteiger partial charge in [-0.25, -0.2) is 12.8 Å². The first-order chi connectivity index (χ1) is 14.4. The van der Waals surface area contributed by atoms with Crippen molar-refractivity contribution < 1.29 is 22.1 Å². The zero-order valence-corrected chi connectivity index (χ0v) is 17.3. The zero-order chi connectivity index (χ0) is 21.2. The summed E-state index contributed by atoms with van der Waals surface area (Å²) in [5.74, 6) is 0.884. The highest BCUT2D eigenvalue weighted by molar-refractivity contribution is 7.89. The van der Waals surface area contributed by atoms with Gasteiger partial charge >= 0.3 is 0 Å². The average Bonchev–Trinajstić information content (AvgIpc) is 3.24. The van der Waals surface area contributed by atoms with E-state index in [1.165, 1.54) is 23.5 Å². The van der Waals surface area contributed by atoms with Crippen molar-refractivity contribution in [2.24, 2.45) is 0 Å². The van der Waals surface area contributed by atoms with Gasteiger partial charge in [0.2, 0.25) is 10.0 Å². The highest BCUT2D eigenvalue weighted by Gasteiger charge is 2.44. The number of ether oxygens (including phenoxy) is 1. The number of methoxy groups -OCH3 is 1. The topological polar surface area (TPSA) is 85.5 Å². The molecular formula is C21H22FN3O4S. The van der Waals surface area contributed by atoms with Crippen molar-refractivity contribution in [3.8, 4) is 5.75 Å². The van der Waals surface area contributed by atoms with Crippen molar-refractivity contribution in [2.75, 3.05) is 20.2 Å². The molecule has 1 aromatic heterocycles. The molecule has 0 spiro atoms. The smallest absolute Gasteiger partial charge is 0.264 e. The van der Waals surface area contributed by atoms with E-state index in [0.717, 1.165) is 5.56 Å². The molecule has 0 amide bonds. The highest BCUT2D eigenvalue weighted by atomic mass is 32.2. The Hall–Kier alpha value is -2.78. The van der Waals surface area contributed by atoms with E-state index in [9.17, 15) is 8.42 Å². The second-order valence-electron chi connectivity index (χ2n) is 7.22. The third-order valence-corrected chi connectivity index (χ3v) is 7.18. The van der Waals surface area contributed by atoms with Crippen LogP contribution < -0.4 is 4.74 Å². The average molecular weight is 431 g/mol. The molecule has 2 heterocycles. The lowest BCUT2D eigenvalue weighted by Crippen LogP contribution is -2.43. The molecule has 4 rings (SSSR count). The lowest BCUT2D eigenvalue weighted by atomic mass is 9.94. The Balaban J connectivity index is 1.44. The molecule has 0 atom stereocenters. The fourth-order valence-electron chi connectivity index (χ4n) is 3.48. The SMILES string of the molecule is COc1ccc(S(=O)(=O)N2CCC(F)(c3nc(Cc4ccccc4)no3)CC2)cc1. The van der Waals surface area contributed by atoms with Crippen molar-refractivity contribution in [3.05, 3.63) is 71.9 Å². The Morgan fingerprint density at radius 1 is 1.10 bits per heavy atom. The fourth-order valence-corrected chi connectivity index (χ4v) is 4.92. The molecule has 0 radical (unpaired) electrons. The van der Waals surface area contributed by atoms with E-state index in [2.05, 4.69) is 10.1 Å². The van der Waals surface area contributed by atoms with E-state index in [4.69, 9.17) is 9.26 Å². The van der Waals surface area contributed by atoms with Crippen LogP contribution in [0, 0.1) is 0 Å². The van der Waals surface area contributed by atoms with Gasteiger partial charge in [-0.3, -0.25) is 0 Å². The molecular weight excluding hydrogens is 409 g/mol. The van der Waals surface area contributed by atoms with Crippen LogP contribution in [0.5, 0.6) is 5.75 Å². The molecule has 30 heavy (non-hydrogen) atoms. The Morgan fingerprint density at radius 2 is 1.77 bits per heavy atom. The summed E-state index contributed by atoms with van der Waals surface area (Å²) >= 11 is 0. The van der Waals surface area contributed by atoms with E-state index in [-0.39, 0.29) is 36.7 Å². The summed E-state index contributed by atoms with van der Waals surface area (Å²) in [4.78, 5) is 4.38. The van der Waals surface area contributed by atoms with Crippen LogP contribution in [-0.4, -0.2) is 43.1 Å². The van der Waals surface area contributed by atoms with Crippen molar-refractivity contribution in [1.82, 2.24) is 14.4 Å². The fraction of sp³-hybridized carbons (Fsp3) is 0.333. The minimum absolute atomic E-state index is 0.0290. The maximum atomic E-state index is 15.5. The summed E-state index contributed by atoms with van der Waals surface area (Å²) in [5.41, 5.74) is -0.841. The third kappa shape index (κ3) is 4.08. The number of benzene rings is 2. The molecule has 1 aliphatic heterocycles. The van der Waals surface area contributed by atoms with E-state index >= 15 is 4.39 Å². The molecule has 2 aromatic carbocycles. The molecule has 7 nitrogen and oxygen atoms in total. The first-order valence-electron chi connectivity index (χ1n) is 9.61. The first kappa shape index (κ1) is 20.5. The van der Waals surface area contributed by atoms with Crippen LogP contribution in [0.1, 0.15) is 30.1 Å². The number of piperidine rings is 1. The largest absolute Gasteiger partial charge is 0.497 e. The molecule has 1 saturated heterocycles. The molecule has 0 aliphatic carbocycles. The summed E-state index contributed by atoms with van der Waals surface area (Å²) in [6.07, 6.45) is 0.350. The van der Waals surface area contributed by atoms with Gasteiger partial charge in [0, 0.05) is 32.4 Å². The van der Waals surface area contributed by atoms with Crippen LogP contribution in [0.25, 0.3) is 0 Å². The minimum atomic E-state index is -3.71. The van der Waals surface area contributed by atoms with Gasteiger partial charge in [-0.05, 0) is 29.8 Å². The lowest BCUT2D eigenvalue weighted by Gasteiger charge is -2.33. The second-order valence-corrected chi connectivity index (χ2v) is 9.16. The molecule has 1 aliphatic rings. The van der Waals surface area contributed by atoms with E-state index in [1.807, 2.05) is 30.3 Å². The van der Waals surface area contributed by atoms with Gasteiger partial charge in [-0.1, -0.05) is 35.5 Å². The molecule has 0 saturated carbocycles. The zero-order valence-electron chi connectivity index (χ0n) is 16.5. The van der Waals surface area contributed by atoms with Crippen molar-refractivity contribution in [2.45, 2.75) is 29.8 Å². The molecule has 0 bridgehead atoms. The summed E-state index contributed by atoms with van der Waals surface area (Å²) < 4.78 is 52.7. The maximum Gasteiger partial charge on any atom is 0.264 e. The summed E-state index contributed by atoms with van der Waals surface area (Å²) in [6.45, 7) is 0.0581. The van der Waals surface area contributed by atoms with E-state index in [1.54, 1.807) is 12.1 Å². The molecule has 9 heteroatoms. The summed E-state index contributed by atoms with van der Waals surface area (Å²) in [6, 6.07) is 15.7. The standard InChI is InChI=1S/C21H22FN3O4S/c1-28-17-7-9-18(10-8-17)30(26,27)25-13-11-21(22,12-14-25)20-23-19(24-29-20)15-16-5-3-2-4-6-16/h2-10H,11-15H2,1H3. The Kier molecular flexibility index (Phi) is 5.57. The maximum absolute atomic E-state index is 15.5. The predicted molar refractivity (Wildman–Crippen MR) is 107 cm³/mol. The lowest BCUT2D eigenvalue weighted by molar-refractivity contribution is 0.0511. The van der Waals surface area contributed by atoms with Crippen molar-refractivity contribution >= 4 is 10.0 Å². The number of sulfonamides is 1. The van der Waals surface area contributed by atoms with Gasteiger partial charge in [0.15, 0.2) is 11.5 Å². The Morgan fingerprint density at radius 3 is 2.40 bits per heavy atom. The molecule has 0 N–H and O–H groups in total. The summed E-state index contributed by atoms with van der Waals surface area (Å²) in [7, 11) is -2.20. The van der Waals surface area contributed by atoms with Gasteiger partial charge in [0.1, 0.15) is 5.75 Å². The predicted octanol–water partition coefficient (Wildman–Crippen LogP) is 3.32. The Bertz CT molecular complexity index is 1090. The summed E-state index contributed by atoms with van der Waals surface area (Å²) in [5, 5.41) is 3.89. The van der Waals surface area contributed by atoms with Gasteiger partial charge in [0.05, 0.1) is 12.0 Å². The number of hydrogen-bond donors (Lipinski definition) is 0. The molecule has 0 unspecified atom stereocenters. The number of hydrogen-bond acceptors (Lipinski definition) is 6. The van der Waals surface area contributed by atoms with E-state index < -0.39 is 15.7 Å². The van der Waals surface area contributed by atoms with Crippen molar-refractivity contribution in [3.63, 3.8) is 0 Å². The quantitative estimate of drug-likeness (QED) is 0.595. The van der Waals surface area contributed by atoms with Crippen LogP contribution >= 0.6 is 0 Å². The highest BCUT2D eigenvalue weighted by Crippen LogP contribution is 2.37. The van der Waals surface area contributed by atoms with Crippen LogP contribution in [0.4, 0.5) is 4.39 Å². The number of aromatic nitrogens is 2. The van der Waals surface area contributed by atoms with Gasteiger partial charge in [-0.15, -0.1) is 0 Å². The number of alkyl halides is 1. The Labute approximate surface area is 174 Å². The van der Waals surface area contributed by atoms with Gasteiger partial charge < -0.3 is 9.26 Å². The molecule has 3 aromatic rings. The van der Waals surface area contributed by atoms with Crippen LogP contribution in [0.15, 0.2) is 64.0 Å². The normalized spacial score (nSPS) is 17.0. The van der Waals surface area contributed by atoms with Crippen LogP contribution in [0.2, 0.25) is 0 Å². The second kappa shape index (κ2) is 8.16. The molecule has 158 valence electrons. The van der Waals surface area contributed by atoms with Gasteiger partial charge in [0.25, 0.3) is 5.89 Å². The van der Waals surface area contributed by atoms with E-state index in [0.29, 0.717) is 18.0 Å². The monoisotopic (exact) mass is 431 g/mol. The van der Waals surface area contributed by atoms with Crippen LogP contribution in [0.3, 0.4) is 0 Å². The molecule has 1 fully saturated rings. The van der Waals surface area contributed by atoms with Crippen LogP contribution in [-0.2, 0) is 22.1 Å². The number of nitrogens with zero attached hydrogens (tertiary/aromatic N) is 3. The first-order valence-corrected chi connectivity index (χ1v) is 11.0.